The van der Waals surface area contributed by atoms with Gasteiger partial charge in [0, 0.05) is 0 Å². The molecule has 1 amide bonds. The minimum absolute atomic E-state index is 0.0925. The largest absolute Gasteiger partial charge is 0.278 e. The van der Waals surface area contributed by atoms with Crippen molar-refractivity contribution in [3.05, 3.63) is 34.7 Å². The molecule has 1 rings (SSSR count). The summed E-state index contributed by atoms with van der Waals surface area (Å²) < 4.78 is 0. The summed E-state index contributed by atoms with van der Waals surface area (Å²) in [5, 5.41) is 2.68. The highest BCUT2D eigenvalue weighted by atomic mass is 16.3. The predicted molar refractivity (Wildman–Crippen MR) is 45.8 cm³/mol. The number of carbonyl (C=O) groups is 1. The Morgan fingerprint density at radius 1 is 1.33 bits per heavy atom. The lowest BCUT2D eigenvalue weighted by atomic mass is 10.2. The second kappa shape index (κ2) is 3.52. The van der Waals surface area contributed by atoms with Gasteiger partial charge < -0.3 is 0 Å². The molecule has 0 aliphatic heterocycles. The van der Waals surface area contributed by atoms with Gasteiger partial charge in [0.05, 0.1) is 5.56 Å². The summed E-state index contributed by atoms with van der Waals surface area (Å²) in [5.74, 6) is -0.537. The van der Waals surface area contributed by atoms with E-state index in [1.54, 1.807) is 12.1 Å². The van der Waals surface area contributed by atoms with Crippen molar-refractivity contribution in [3.63, 3.8) is 0 Å². The highest BCUT2D eigenvalue weighted by molar-refractivity contribution is 6.01. The van der Waals surface area contributed by atoms with Gasteiger partial charge >= 0.3 is 0 Å². The molecule has 0 saturated heterocycles. The maximum absolute atomic E-state index is 11.0. The number of nitrogens with zero attached hydrogens (tertiary/aromatic N) is 2. The number of carbonyl (C=O) groups excluding carboxylic acids is 1. The Balaban J connectivity index is 3.21. The SMILES string of the molecule is C=NC(=O)c1ccccc1N=O. The lowest BCUT2D eigenvalue weighted by Gasteiger charge is -1.95. The van der Waals surface area contributed by atoms with Gasteiger partial charge in [0.1, 0.15) is 5.69 Å². The summed E-state index contributed by atoms with van der Waals surface area (Å²) in [6.45, 7) is 3.07. The van der Waals surface area contributed by atoms with Gasteiger partial charge in [-0.3, -0.25) is 4.79 Å². The van der Waals surface area contributed by atoms with Crippen molar-refractivity contribution in [3.8, 4) is 0 Å². The normalized spacial score (nSPS) is 9.00. The molecule has 0 fully saturated rings. The minimum atomic E-state index is -0.537. The molecule has 0 spiro atoms. The van der Waals surface area contributed by atoms with Crippen LogP contribution in [0.2, 0.25) is 0 Å². The Bertz CT molecular complexity index is 334. The fraction of sp³-hybridized carbons (Fsp3) is 0. The molecule has 4 heteroatoms. The molecule has 1 aromatic carbocycles. The van der Waals surface area contributed by atoms with Crippen LogP contribution in [0.3, 0.4) is 0 Å². The van der Waals surface area contributed by atoms with Crippen molar-refractivity contribution in [2.45, 2.75) is 0 Å². The average molecular weight is 162 g/mol. The molecule has 0 aromatic heterocycles. The van der Waals surface area contributed by atoms with E-state index in [4.69, 9.17) is 0 Å². The summed E-state index contributed by atoms with van der Waals surface area (Å²) in [7, 11) is 0. The number of benzene rings is 1. The summed E-state index contributed by atoms with van der Waals surface area (Å²) in [6.07, 6.45) is 0. The van der Waals surface area contributed by atoms with Crippen LogP contribution in [0.1, 0.15) is 10.4 Å². The number of hydrogen-bond donors (Lipinski definition) is 0. The molecule has 0 aliphatic carbocycles. The van der Waals surface area contributed by atoms with E-state index in [-0.39, 0.29) is 11.3 Å². The first-order chi connectivity index (χ1) is 5.79. The second-order valence-corrected chi connectivity index (χ2v) is 2.07. The zero-order valence-electron chi connectivity index (χ0n) is 6.23. The summed E-state index contributed by atoms with van der Waals surface area (Å²) in [6, 6.07) is 6.18. The van der Waals surface area contributed by atoms with E-state index in [1.165, 1.54) is 12.1 Å². The Morgan fingerprint density at radius 3 is 2.58 bits per heavy atom. The van der Waals surface area contributed by atoms with Crippen molar-refractivity contribution in [2.75, 3.05) is 0 Å². The van der Waals surface area contributed by atoms with Crippen LogP contribution in [0.5, 0.6) is 0 Å². The number of hydrogen-bond acceptors (Lipinski definition) is 3. The molecular weight excluding hydrogens is 156 g/mol. The maximum Gasteiger partial charge on any atom is 0.278 e. The van der Waals surface area contributed by atoms with Crippen LogP contribution in [-0.4, -0.2) is 12.6 Å². The monoisotopic (exact) mass is 162 g/mol. The third-order valence-corrected chi connectivity index (χ3v) is 1.38. The van der Waals surface area contributed by atoms with Crippen molar-refractivity contribution in [1.29, 1.82) is 0 Å². The van der Waals surface area contributed by atoms with Crippen LogP contribution in [-0.2, 0) is 0 Å². The predicted octanol–water partition coefficient (Wildman–Crippen LogP) is 1.93. The molecule has 0 aliphatic rings. The standard InChI is InChI=1S/C8H6N2O2/c1-9-8(11)6-4-2-3-5-7(6)10-12/h2-5H,1H2. The Labute approximate surface area is 68.9 Å². The van der Waals surface area contributed by atoms with Gasteiger partial charge in [0.2, 0.25) is 0 Å². The van der Waals surface area contributed by atoms with E-state index in [9.17, 15) is 9.70 Å². The highest BCUT2D eigenvalue weighted by Crippen LogP contribution is 2.18. The molecule has 0 atom stereocenters. The fourth-order valence-electron chi connectivity index (χ4n) is 0.819. The maximum atomic E-state index is 11.0. The van der Waals surface area contributed by atoms with E-state index in [1.807, 2.05) is 0 Å². The van der Waals surface area contributed by atoms with E-state index in [0.29, 0.717) is 0 Å². The molecule has 60 valence electrons. The third kappa shape index (κ3) is 1.42. The van der Waals surface area contributed by atoms with Gasteiger partial charge in [-0.15, -0.1) is 4.91 Å². The first-order valence-electron chi connectivity index (χ1n) is 3.23. The number of rotatable bonds is 2. The van der Waals surface area contributed by atoms with Gasteiger partial charge in [0.25, 0.3) is 5.91 Å². The molecule has 0 N–H and O–H groups in total. The van der Waals surface area contributed by atoms with Crippen molar-refractivity contribution in [2.24, 2.45) is 10.2 Å². The van der Waals surface area contributed by atoms with E-state index in [0.717, 1.165) is 0 Å². The number of nitroso groups, excluding NO2 is 1. The number of amides is 1. The smallest absolute Gasteiger partial charge is 0.267 e. The molecule has 0 bridgehead atoms. The minimum Gasteiger partial charge on any atom is -0.267 e. The van der Waals surface area contributed by atoms with Crippen LogP contribution in [0.15, 0.2) is 34.4 Å². The van der Waals surface area contributed by atoms with Crippen LogP contribution >= 0.6 is 0 Å². The molecule has 4 nitrogen and oxygen atoms in total. The van der Waals surface area contributed by atoms with Gasteiger partial charge in [-0.25, -0.2) is 4.99 Å². The van der Waals surface area contributed by atoms with Gasteiger partial charge in [-0.05, 0) is 24.0 Å². The molecule has 0 heterocycles. The van der Waals surface area contributed by atoms with E-state index < -0.39 is 5.91 Å². The lowest BCUT2D eigenvalue weighted by Crippen LogP contribution is -1.93. The summed E-state index contributed by atoms with van der Waals surface area (Å²) >= 11 is 0. The first kappa shape index (κ1) is 8.26. The van der Waals surface area contributed by atoms with Gasteiger partial charge in [0.15, 0.2) is 0 Å². The Hall–Kier alpha value is -1.84. The fourth-order valence-corrected chi connectivity index (χ4v) is 0.819. The molecule has 0 radical (unpaired) electrons. The van der Waals surface area contributed by atoms with Crippen LogP contribution < -0.4 is 0 Å². The molecule has 1 aromatic rings. The molecule has 0 saturated carbocycles. The quantitative estimate of drug-likeness (QED) is 0.492. The van der Waals surface area contributed by atoms with Crippen molar-refractivity contribution < 1.29 is 4.79 Å². The third-order valence-electron chi connectivity index (χ3n) is 1.38. The van der Waals surface area contributed by atoms with Crippen LogP contribution in [0, 0.1) is 4.91 Å². The van der Waals surface area contributed by atoms with Gasteiger partial charge in [-0.2, -0.15) is 0 Å². The summed E-state index contributed by atoms with van der Waals surface area (Å²) in [4.78, 5) is 24.3. The zero-order valence-corrected chi connectivity index (χ0v) is 6.23. The highest BCUT2D eigenvalue weighted by Gasteiger charge is 2.08. The average Bonchev–Trinajstić information content (AvgIpc) is 2.16. The Kier molecular flexibility index (Phi) is 2.42. The first-order valence-corrected chi connectivity index (χ1v) is 3.23. The van der Waals surface area contributed by atoms with E-state index in [2.05, 4.69) is 16.9 Å². The molecule has 0 unspecified atom stereocenters. The van der Waals surface area contributed by atoms with Crippen LogP contribution in [0.25, 0.3) is 0 Å². The summed E-state index contributed by atoms with van der Waals surface area (Å²) in [5.41, 5.74) is 0.275. The van der Waals surface area contributed by atoms with Crippen molar-refractivity contribution in [1.82, 2.24) is 0 Å². The van der Waals surface area contributed by atoms with Crippen molar-refractivity contribution >= 4 is 18.3 Å². The van der Waals surface area contributed by atoms with E-state index >= 15 is 0 Å². The molecular formula is C8H6N2O2. The second-order valence-electron chi connectivity index (χ2n) is 2.07. The molecule has 12 heavy (non-hydrogen) atoms. The van der Waals surface area contributed by atoms with Crippen LogP contribution in [0.4, 0.5) is 5.69 Å². The lowest BCUT2D eigenvalue weighted by molar-refractivity contribution is 0.100. The number of aliphatic imine (C=N–C) groups is 1. The topological polar surface area (TPSA) is 58.9 Å². The van der Waals surface area contributed by atoms with Gasteiger partial charge in [-0.1, -0.05) is 12.1 Å². The zero-order chi connectivity index (χ0) is 8.97. The Morgan fingerprint density at radius 2 is 2.00 bits per heavy atom.